The van der Waals surface area contributed by atoms with Crippen LogP contribution in [0.2, 0.25) is 0 Å². The topological polar surface area (TPSA) is 84.6 Å². The molecule has 0 radical (unpaired) electrons. The molecule has 0 amide bonds. The molecule has 1 aromatic carbocycles. The lowest BCUT2D eigenvalue weighted by molar-refractivity contribution is -0.386. The summed E-state index contributed by atoms with van der Waals surface area (Å²) in [5.74, 6) is -0.879. The van der Waals surface area contributed by atoms with E-state index in [0.717, 1.165) is 25.1 Å². The Bertz CT molecular complexity index is 511. The van der Waals surface area contributed by atoms with Crippen LogP contribution in [0.4, 0.5) is 10.1 Å². The number of nitro benzene ring substituents is 1. The van der Waals surface area contributed by atoms with Crippen molar-refractivity contribution in [1.29, 1.82) is 0 Å². The summed E-state index contributed by atoms with van der Waals surface area (Å²) < 4.78 is 18.7. The van der Waals surface area contributed by atoms with E-state index in [9.17, 15) is 19.6 Å². The molecule has 0 aromatic heterocycles. The average Bonchev–Trinajstić information content (AvgIpc) is 2.39. The zero-order valence-corrected chi connectivity index (χ0v) is 13.4. The molecule has 1 unspecified atom stereocenters. The van der Waals surface area contributed by atoms with Crippen molar-refractivity contribution in [3.63, 3.8) is 0 Å². The maximum absolute atomic E-state index is 13.5. The maximum Gasteiger partial charge on any atom is 0.312 e. The normalized spacial score (nSPS) is 13.8. The van der Waals surface area contributed by atoms with E-state index in [4.69, 9.17) is 4.74 Å². The van der Waals surface area contributed by atoms with Gasteiger partial charge in [0.15, 0.2) is 5.75 Å². The van der Waals surface area contributed by atoms with E-state index in [0.29, 0.717) is 0 Å². The summed E-state index contributed by atoms with van der Waals surface area (Å²) in [6, 6.07) is 1.96. The predicted molar refractivity (Wildman–Crippen MR) is 80.0 cm³/mol. The van der Waals surface area contributed by atoms with Gasteiger partial charge in [0.2, 0.25) is 0 Å². The Balaban J connectivity index is 2.78. The highest BCUT2D eigenvalue weighted by Gasteiger charge is 2.24. The highest BCUT2D eigenvalue weighted by atomic mass is 79.9. The Morgan fingerprint density at radius 2 is 2.24 bits per heavy atom. The molecule has 21 heavy (non-hydrogen) atoms. The standard InChI is InChI=1S/C13H18BrFN2O4/c1-3-4-16-7-13(2,18)8-21-12-6-10(15)9(14)5-11(12)17(19)20/h5-6,16,18H,3-4,7-8H2,1-2H3. The van der Waals surface area contributed by atoms with Gasteiger partial charge in [-0.05, 0) is 35.8 Å². The van der Waals surface area contributed by atoms with E-state index in [1.54, 1.807) is 0 Å². The van der Waals surface area contributed by atoms with Crippen molar-refractivity contribution >= 4 is 21.6 Å². The summed E-state index contributed by atoms with van der Waals surface area (Å²) in [4.78, 5) is 10.3. The molecular formula is C13H18BrFN2O4. The van der Waals surface area contributed by atoms with Gasteiger partial charge in [0.05, 0.1) is 9.40 Å². The minimum atomic E-state index is -1.22. The summed E-state index contributed by atoms with van der Waals surface area (Å²) >= 11 is 2.89. The van der Waals surface area contributed by atoms with Crippen LogP contribution in [-0.4, -0.2) is 35.3 Å². The first-order valence-electron chi connectivity index (χ1n) is 6.46. The lowest BCUT2D eigenvalue weighted by Crippen LogP contribution is -2.43. The number of halogens is 2. The van der Waals surface area contributed by atoms with Crippen LogP contribution in [0.1, 0.15) is 20.3 Å². The van der Waals surface area contributed by atoms with Gasteiger partial charge in [0.1, 0.15) is 18.0 Å². The van der Waals surface area contributed by atoms with Crippen LogP contribution < -0.4 is 10.1 Å². The number of nitro groups is 1. The second-order valence-electron chi connectivity index (χ2n) is 4.95. The summed E-state index contributed by atoms with van der Waals surface area (Å²) in [5, 5.41) is 24.0. The first-order chi connectivity index (χ1) is 9.76. The van der Waals surface area contributed by atoms with Crippen LogP contribution in [0.15, 0.2) is 16.6 Å². The third-order valence-electron chi connectivity index (χ3n) is 2.67. The SMILES string of the molecule is CCCNCC(C)(O)COc1cc(F)c(Br)cc1[N+](=O)[O-]. The van der Waals surface area contributed by atoms with Gasteiger partial charge in [0.25, 0.3) is 0 Å². The number of rotatable bonds is 8. The van der Waals surface area contributed by atoms with Crippen LogP contribution in [-0.2, 0) is 0 Å². The molecule has 0 spiro atoms. The number of ether oxygens (including phenoxy) is 1. The van der Waals surface area contributed by atoms with Gasteiger partial charge in [-0.15, -0.1) is 0 Å². The zero-order chi connectivity index (χ0) is 16.0. The molecule has 1 aromatic rings. The molecule has 1 atom stereocenters. The Morgan fingerprint density at radius 1 is 1.57 bits per heavy atom. The van der Waals surface area contributed by atoms with Crippen molar-refractivity contribution in [1.82, 2.24) is 5.32 Å². The summed E-state index contributed by atoms with van der Waals surface area (Å²) in [6.45, 7) is 4.35. The molecule has 0 bridgehead atoms. The van der Waals surface area contributed by atoms with E-state index in [1.165, 1.54) is 6.92 Å². The largest absolute Gasteiger partial charge is 0.484 e. The van der Waals surface area contributed by atoms with Gasteiger partial charge < -0.3 is 15.2 Å². The summed E-state index contributed by atoms with van der Waals surface area (Å²) in [7, 11) is 0. The second-order valence-corrected chi connectivity index (χ2v) is 5.81. The number of hydrogen-bond donors (Lipinski definition) is 2. The lowest BCUT2D eigenvalue weighted by Gasteiger charge is -2.23. The van der Waals surface area contributed by atoms with Gasteiger partial charge >= 0.3 is 5.69 Å². The highest BCUT2D eigenvalue weighted by Crippen LogP contribution is 2.32. The van der Waals surface area contributed by atoms with Gasteiger partial charge in [0, 0.05) is 18.7 Å². The molecule has 0 saturated heterocycles. The van der Waals surface area contributed by atoms with Crippen molar-refractivity contribution in [2.24, 2.45) is 0 Å². The van der Waals surface area contributed by atoms with E-state index >= 15 is 0 Å². The fourth-order valence-corrected chi connectivity index (χ4v) is 1.93. The zero-order valence-electron chi connectivity index (χ0n) is 11.9. The van der Waals surface area contributed by atoms with E-state index < -0.39 is 16.3 Å². The minimum absolute atomic E-state index is 0.0158. The van der Waals surface area contributed by atoms with E-state index in [1.807, 2.05) is 6.92 Å². The molecular weight excluding hydrogens is 347 g/mol. The molecule has 2 N–H and O–H groups in total. The van der Waals surface area contributed by atoms with E-state index in [-0.39, 0.29) is 29.1 Å². The first-order valence-corrected chi connectivity index (χ1v) is 7.25. The first kappa shape index (κ1) is 17.8. The fourth-order valence-electron chi connectivity index (χ4n) is 1.60. The number of aliphatic hydroxyl groups is 1. The highest BCUT2D eigenvalue weighted by molar-refractivity contribution is 9.10. The lowest BCUT2D eigenvalue weighted by atomic mass is 10.1. The third-order valence-corrected chi connectivity index (χ3v) is 3.28. The average molecular weight is 365 g/mol. The van der Waals surface area contributed by atoms with Gasteiger partial charge in [-0.1, -0.05) is 6.92 Å². The molecule has 0 aliphatic heterocycles. The van der Waals surface area contributed by atoms with Crippen molar-refractivity contribution in [3.8, 4) is 5.75 Å². The van der Waals surface area contributed by atoms with Crippen LogP contribution >= 0.6 is 15.9 Å². The predicted octanol–water partition coefficient (Wildman–Crippen LogP) is 2.63. The van der Waals surface area contributed by atoms with Crippen molar-refractivity contribution < 1.29 is 19.2 Å². The van der Waals surface area contributed by atoms with Gasteiger partial charge in [-0.25, -0.2) is 4.39 Å². The van der Waals surface area contributed by atoms with Crippen LogP contribution in [0, 0.1) is 15.9 Å². The van der Waals surface area contributed by atoms with Gasteiger partial charge in [-0.2, -0.15) is 0 Å². The van der Waals surface area contributed by atoms with Crippen LogP contribution in [0.5, 0.6) is 5.75 Å². The Labute approximate surface area is 130 Å². The molecule has 1 rings (SSSR count). The molecule has 0 saturated carbocycles. The number of benzene rings is 1. The maximum atomic E-state index is 13.5. The van der Waals surface area contributed by atoms with Crippen LogP contribution in [0.3, 0.4) is 0 Å². The smallest absolute Gasteiger partial charge is 0.312 e. The van der Waals surface area contributed by atoms with Gasteiger partial charge in [-0.3, -0.25) is 10.1 Å². The molecule has 118 valence electrons. The van der Waals surface area contributed by atoms with Crippen LogP contribution in [0.25, 0.3) is 0 Å². The fraction of sp³-hybridized carbons (Fsp3) is 0.538. The molecule has 0 fully saturated rings. The number of nitrogens with zero attached hydrogens (tertiary/aromatic N) is 1. The molecule has 6 nitrogen and oxygen atoms in total. The Hall–Kier alpha value is -1.25. The quantitative estimate of drug-likeness (QED) is 0.420. The second kappa shape index (κ2) is 7.67. The van der Waals surface area contributed by atoms with E-state index in [2.05, 4.69) is 21.2 Å². The number of nitrogens with one attached hydrogen (secondary N) is 1. The third kappa shape index (κ3) is 5.56. The molecule has 0 aliphatic carbocycles. The minimum Gasteiger partial charge on any atom is -0.484 e. The number of hydrogen-bond acceptors (Lipinski definition) is 5. The van der Waals surface area contributed by atoms with Crippen molar-refractivity contribution in [2.75, 3.05) is 19.7 Å². The van der Waals surface area contributed by atoms with Crippen molar-refractivity contribution in [2.45, 2.75) is 25.9 Å². The molecule has 0 aliphatic rings. The molecule has 0 heterocycles. The summed E-state index contributed by atoms with van der Waals surface area (Å²) in [5.41, 5.74) is -1.58. The Morgan fingerprint density at radius 3 is 2.81 bits per heavy atom. The van der Waals surface area contributed by atoms with Crippen molar-refractivity contribution in [3.05, 3.63) is 32.5 Å². The monoisotopic (exact) mass is 364 g/mol. The Kier molecular flexibility index (Phi) is 6.50. The molecule has 8 heteroatoms. The summed E-state index contributed by atoms with van der Waals surface area (Å²) in [6.07, 6.45) is 0.917.